The van der Waals surface area contributed by atoms with Crippen LogP contribution in [0.3, 0.4) is 0 Å². The van der Waals surface area contributed by atoms with Crippen LogP contribution in [0.4, 0.5) is 0 Å². The number of aromatic nitrogens is 1. The molecular weight excluding hydrogens is 448 g/mol. The van der Waals surface area contributed by atoms with Gasteiger partial charge in [-0.3, -0.25) is 9.78 Å². The number of hydrogen-bond acceptors (Lipinski definition) is 5. The van der Waals surface area contributed by atoms with Crippen molar-refractivity contribution in [3.05, 3.63) is 125 Å². The molecule has 4 rings (SSSR count). The Labute approximate surface area is 198 Å². The van der Waals surface area contributed by atoms with Crippen LogP contribution in [0, 0.1) is 12.1 Å². The maximum absolute atomic E-state index is 13.4. The van der Waals surface area contributed by atoms with Crippen molar-refractivity contribution >= 4 is 21.8 Å². The summed E-state index contributed by atoms with van der Waals surface area (Å²) in [5.41, 5.74) is 1.24. The van der Waals surface area contributed by atoms with Gasteiger partial charge in [0, 0.05) is 18.9 Å². The van der Waals surface area contributed by atoms with Crippen molar-refractivity contribution in [2.45, 2.75) is 11.4 Å². The Kier molecular flexibility index (Phi) is 7.01. The fraction of sp³-hybridized carbons (Fsp3) is 0.0370. The molecule has 0 fully saturated rings. The molecule has 1 N–H and O–H groups in total. The molecule has 0 aliphatic heterocycles. The number of ether oxygens (including phenoxy) is 1. The third kappa shape index (κ3) is 5.68. The van der Waals surface area contributed by atoms with Crippen molar-refractivity contribution in [3.63, 3.8) is 0 Å². The Hall–Kier alpha value is -4.41. The highest BCUT2D eigenvalue weighted by Gasteiger charge is 2.27. The van der Waals surface area contributed by atoms with Crippen LogP contribution in [0.15, 0.2) is 107 Å². The summed E-state index contributed by atoms with van der Waals surface area (Å²) >= 11 is 0. The van der Waals surface area contributed by atoms with Crippen molar-refractivity contribution in [2.24, 2.45) is 0 Å². The summed E-state index contributed by atoms with van der Waals surface area (Å²) in [6.07, 6.45) is 4.57. The molecule has 0 bridgehead atoms. The topological polar surface area (TPSA) is 85.4 Å². The molecule has 0 atom stereocenters. The van der Waals surface area contributed by atoms with Gasteiger partial charge < -0.3 is 10.1 Å². The van der Waals surface area contributed by atoms with Crippen molar-refractivity contribution in [1.82, 2.24) is 10.3 Å². The molecule has 4 aromatic rings. The minimum atomic E-state index is -4.09. The molecule has 7 heteroatoms. The van der Waals surface area contributed by atoms with E-state index in [0.29, 0.717) is 17.1 Å². The maximum Gasteiger partial charge on any atom is 0.263 e. The van der Waals surface area contributed by atoms with E-state index < -0.39 is 15.7 Å². The van der Waals surface area contributed by atoms with Crippen molar-refractivity contribution in [1.29, 1.82) is 0 Å². The van der Waals surface area contributed by atoms with E-state index in [1.807, 2.05) is 0 Å². The van der Waals surface area contributed by atoms with E-state index in [1.54, 1.807) is 85.2 Å². The molecule has 0 saturated carbocycles. The number of sulfone groups is 1. The molecule has 6 nitrogen and oxygen atoms in total. The van der Waals surface area contributed by atoms with Crippen LogP contribution in [-0.2, 0) is 21.2 Å². The van der Waals surface area contributed by atoms with Gasteiger partial charge in [0.25, 0.3) is 5.91 Å². The zero-order valence-corrected chi connectivity index (χ0v) is 18.8. The number of benzene rings is 2. The number of rotatable bonds is 8. The number of carbonyl (C=O) groups is 1. The first-order valence-electron chi connectivity index (χ1n) is 10.4. The molecule has 0 aliphatic rings. The minimum Gasteiger partial charge on any atom is -0.448 e. The lowest BCUT2D eigenvalue weighted by atomic mass is 10.2. The third-order valence-electron chi connectivity index (χ3n) is 4.75. The molecule has 1 heterocycles. The molecule has 0 radical (unpaired) electrons. The van der Waals surface area contributed by atoms with Gasteiger partial charge in [-0.05, 0) is 71.8 Å². The second kappa shape index (κ2) is 10.5. The van der Waals surface area contributed by atoms with Gasteiger partial charge in [0.05, 0.1) is 4.90 Å². The lowest BCUT2D eigenvalue weighted by Crippen LogP contribution is -2.28. The van der Waals surface area contributed by atoms with Gasteiger partial charge in [-0.15, -0.1) is 0 Å². The molecular formula is C27H20N2O4S. The average Bonchev–Trinajstić information content (AvgIpc) is 2.88. The SMILES string of the molecule is O=C(NCc1cccnc1)/C(=C\c1cccc(Oc2c#cccc2)c1)S(=O)(=O)c1ccccc1. The summed E-state index contributed by atoms with van der Waals surface area (Å²) in [7, 11) is -4.09. The van der Waals surface area contributed by atoms with Crippen LogP contribution in [0.1, 0.15) is 11.1 Å². The Balaban J connectivity index is 1.67. The summed E-state index contributed by atoms with van der Waals surface area (Å²) in [5, 5.41) is 2.68. The molecule has 1 amide bonds. The third-order valence-corrected chi connectivity index (χ3v) is 6.52. The number of amides is 1. The van der Waals surface area contributed by atoms with Crippen LogP contribution in [-0.4, -0.2) is 19.3 Å². The first-order valence-corrected chi connectivity index (χ1v) is 11.9. The fourth-order valence-electron chi connectivity index (χ4n) is 3.11. The number of nitrogens with one attached hydrogen (secondary N) is 1. The van der Waals surface area contributed by atoms with Gasteiger partial charge in [-0.1, -0.05) is 42.5 Å². The van der Waals surface area contributed by atoms with Crippen LogP contribution in [0.5, 0.6) is 11.5 Å². The van der Waals surface area contributed by atoms with Crippen LogP contribution >= 0.6 is 0 Å². The molecule has 0 aliphatic carbocycles. The number of hydrogen-bond donors (Lipinski definition) is 1. The molecule has 0 spiro atoms. The highest BCUT2D eigenvalue weighted by atomic mass is 32.2. The quantitative estimate of drug-likeness (QED) is 0.382. The molecule has 34 heavy (non-hydrogen) atoms. The van der Waals surface area contributed by atoms with Crippen LogP contribution < -0.4 is 10.1 Å². The van der Waals surface area contributed by atoms with E-state index in [1.165, 1.54) is 18.2 Å². The minimum absolute atomic E-state index is 0.0274. The monoisotopic (exact) mass is 468 g/mol. The average molecular weight is 469 g/mol. The maximum atomic E-state index is 13.4. The number of pyridine rings is 1. The van der Waals surface area contributed by atoms with Crippen LogP contribution in [0.2, 0.25) is 0 Å². The van der Waals surface area contributed by atoms with Crippen molar-refractivity contribution < 1.29 is 17.9 Å². The largest absolute Gasteiger partial charge is 0.448 e. The normalized spacial score (nSPS) is 11.4. The smallest absolute Gasteiger partial charge is 0.263 e. The second-order valence-corrected chi connectivity index (χ2v) is 9.12. The summed E-state index contributed by atoms with van der Waals surface area (Å²) in [6, 6.07) is 29.0. The lowest BCUT2D eigenvalue weighted by molar-refractivity contribution is -0.116. The van der Waals surface area contributed by atoms with Gasteiger partial charge in [0.2, 0.25) is 9.84 Å². The van der Waals surface area contributed by atoms with E-state index in [4.69, 9.17) is 4.74 Å². The molecule has 168 valence electrons. The summed E-state index contributed by atoms with van der Waals surface area (Å²) in [6.45, 7) is 0.137. The number of nitrogens with zero attached hydrogens (tertiary/aromatic N) is 1. The predicted octanol–water partition coefficient (Wildman–Crippen LogP) is 4.61. The van der Waals surface area contributed by atoms with Crippen molar-refractivity contribution in [2.75, 3.05) is 0 Å². The second-order valence-electron chi connectivity index (χ2n) is 7.20. The number of carbonyl (C=O) groups excluding carboxylic acids is 1. The van der Waals surface area contributed by atoms with E-state index in [2.05, 4.69) is 22.4 Å². The molecule has 1 aromatic heterocycles. The van der Waals surface area contributed by atoms with Gasteiger partial charge in [0.15, 0.2) is 5.75 Å². The lowest BCUT2D eigenvalue weighted by Gasteiger charge is -2.11. The van der Waals surface area contributed by atoms with E-state index in [9.17, 15) is 13.2 Å². The predicted molar refractivity (Wildman–Crippen MR) is 128 cm³/mol. The Morgan fingerprint density at radius 1 is 1.00 bits per heavy atom. The Morgan fingerprint density at radius 3 is 2.59 bits per heavy atom. The molecule has 0 unspecified atom stereocenters. The zero-order valence-electron chi connectivity index (χ0n) is 18.0. The molecule has 3 aromatic carbocycles. The first-order chi connectivity index (χ1) is 16.5. The van der Waals surface area contributed by atoms with Gasteiger partial charge >= 0.3 is 0 Å². The van der Waals surface area contributed by atoms with Gasteiger partial charge in [0.1, 0.15) is 10.7 Å². The van der Waals surface area contributed by atoms with Gasteiger partial charge in [-0.2, -0.15) is 0 Å². The fourth-order valence-corrected chi connectivity index (χ4v) is 4.48. The van der Waals surface area contributed by atoms with E-state index in [-0.39, 0.29) is 16.3 Å². The highest BCUT2D eigenvalue weighted by Crippen LogP contribution is 2.25. The Morgan fingerprint density at radius 2 is 1.85 bits per heavy atom. The summed E-state index contributed by atoms with van der Waals surface area (Å²) in [4.78, 5) is 16.8. The Bertz CT molecular complexity index is 1390. The molecule has 0 saturated heterocycles. The first kappa shape index (κ1) is 22.8. The van der Waals surface area contributed by atoms with Gasteiger partial charge in [-0.25, -0.2) is 8.42 Å². The summed E-state index contributed by atoms with van der Waals surface area (Å²) in [5.74, 6) is 0.219. The van der Waals surface area contributed by atoms with Crippen molar-refractivity contribution in [3.8, 4) is 11.5 Å². The van der Waals surface area contributed by atoms with E-state index >= 15 is 0 Å². The summed E-state index contributed by atoms with van der Waals surface area (Å²) < 4.78 is 32.5. The standard InChI is InChI=1S/C27H20N2O4S/c30-27(29-20-22-10-8-16-28-19-22)26(34(31,32)25-14-5-2-6-15-25)18-21-9-7-13-24(17-21)33-23-11-3-1-4-12-23/h1-3,5-11,13-19H,20H2,(H,29,30)/b26-18+. The van der Waals surface area contributed by atoms with E-state index in [0.717, 1.165) is 5.56 Å². The van der Waals surface area contributed by atoms with Crippen LogP contribution in [0.25, 0.3) is 6.08 Å². The highest BCUT2D eigenvalue weighted by molar-refractivity contribution is 7.96. The zero-order chi connectivity index (χ0) is 23.8.